The zero-order valence-corrected chi connectivity index (χ0v) is 12.1. The molecule has 0 bridgehead atoms. The van der Waals surface area contributed by atoms with Gasteiger partial charge in [0.25, 0.3) is 0 Å². The molecule has 2 nitrogen and oxygen atoms in total. The van der Waals surface area contributed by atoms with E-state index in [4.69, 9.17) is 0 Å². The molecule has 3 rings (SSSR count). The highest BCUT2D eigenvalue weighted by Crippen LogP contribution is 2.34. The Balaban J connectivity index is 1.63. The minimum atomic E-state index is 0.633. The molecule has 1 fully saturated rings. The molecule has 1 aromatic heterocycles. The van der Waals surface area contributed by atoms with Crippen molar-refractivity contribution in [3.63, 3.8) is 0 Å². The molecule has 1 aliphatic carbocycles. The SMILES string of the molecule is CN1CCCC(NC2CCCc3sccc32)CC1. The highest BCUT2D eigenvalue weighted by atomic mass is 32.1. The number of nitrogens with one attached hydrogen (secondary N) is 1. The maximum atomic E-state index is 3.94. The molecule has 18 heavy (non-hydrogen) atoms. The van der Waals surface area contributed by atoms with Crippen LogP contribution in [0.4, 0.5) is 0 Å². The monoisotopic (exact) mass is 264 g/mol. The maximum absolute atomic E-state index is 3.94. The Kier molecular flexibility index (Phi) is 4.02. The first-order chi connectivity index (χ1) is 8.83. The van der Waals surface area contributed by atoms with Crippen LogP contribution in [0.5, 0.6) is 0 Å². The predicted octanol–water partition coefficient (Wildman–Crippen LogP) is 3.20. The molecular formula is C15H24N2S. The summed E-state index contributed by atoms with van der Waals surface area (Å²) in [5, 5.41) is 6.21. The fourth-order valence-corrected chi connectivity index (χ4v) is 4.34. The zero-order chi connectivity index (χ0) is 12.4. The van der Waals surface area contributed by atoms with Crippen LogP contribution in [0.1, 0.15) is 48.6 Å². The number of hydrogen-bond acceptors (Lipinski definition) is 3. The van der Waals surface area contributed by atoms with Gasteiger partial charge in [-0.2, -0.15) is 0 Å². The minimum absolute atomic E-state index is 0.633. The number of hydrogen-bond donors (Lipinski definition) is 1. The van der Waals surface area contributed by atoms with E-state index < -0.39 is 0 Å². The predicted molar refractivity (Wildman–Crippen MR) is 78.3 cm³/mol. The van der Waals surface area contributed by atoms with Crippen molar-refractivity contribution < 1.29 is 0 Å². The normalized spacial score (nSPS) is 29.8. The number of likely N-dealkylation sites (tertiary alicyclic amines) is 1. The van der Waals surface area contributed by atoms with Crippen molar-refractivity contribution in [1.82, 2.24) is 10.2 Å². The van der Waals surface area contributed by atoms with Crippen LogP contribution in [0.3, 0.4) is 0 Å². The van der Waals surface area contributed by atoms with Gasteiger partial charge in [-0.15, -0.1) is 11.3 Å². The van der Waals surface area contributed by atoms with Gasteiger partial charge in [0.2, 0.25) is 0 Å². The van der Waals surface area contributed by atoms with E-state index in [1.807, 2.05) is 11.3 Å². The van der Waals surface area contributed by atoms with Crippen LogP contribution in [0.2, 0.25) is 0 Å². The summed E-state index contributed by atoms with van der Waals surface area (Å²) in [6.45, 7) is 2.52. The molecular weight excluding hydrogens is 240 g/mol. The van der Waals surface area contributed by atoms with Crippen LogP contribution in [-0.2, 0) is 6.42 Å². The van der Waals surface area contributed by atoms with Crippen LogP contribution >= 0.6 is 11.3 Å². The fraction of sp³-hybridized carbons (Fsp3) is 0.733. The van der Waals surface area contributed by atoms with E-state index in [0.717, 1.165) is 6.04 Å². The first-order valence-electron chi connectivity index (χ1n) is 7.34. The van der Waals surface area contributed by atoms with Crippen LogP contribution in [0.15, 0.2) is 11.4 Å². The number of rotatable bonds is 2. The van der Waals surface area contributed by atoms with Gasteiger partial charge in [0, 0.05) is 17.0 Å². The van der Waals surface area contributed by atoms with Crippen molar-refractivity contribution in [2.45, 2.75) is 50.6 Å². The third-order valence-corrected chi connectivity index (χ3v) is 5.44. The van der Waals surface area contributed by atoms with Crippen LogP contribution in [0.25, 0.3) is 0 Å². The van der Waals surface area contributed by atoms with Crippen molar-refractivity contribution >= 4 is 11.3 Å². The molecule has 1 aliphatic heterocycles. The van der Waals surface area contributed by atoms with Crippen molar-refractivity contribution in [2.75, 3.05) is 20.1 Å². The summed E-state index contributed by atoms with van der Waals surface area (Å²) in [4.78, 5) is 4.10. The summed E-state index contributed by atoms with van der Waals surface area (Å²) < 4.78 is 0. The van der Waals surface area contributed by atoms with Gasteiger partial charge in [-0.25, -0.2) is 0 Å². The molecule has 1 aromatic rings. The quantitative estimate of drug-likeness (QED) is 0.882. The summed E-state index contributed by atoms with van der Waals surface area (Å²) in [5.41, 5.74) is 1.60. The third kappa shape index (κ3) is 2.79. The highest BCUT2D eigenvalue weighted by molar-refractivity contribution is 7.10. The molecule has 2 atom stereocenters. The molecule has 0 aromatic carbocycles. The van der Waals surface area contributed by atoms with Gasteiger partial charge in [0.05, 0.1) is 0 Å². The van der Waals surface area contributed by atoms with E-state index in [0.29, 0.717) is 6.04 Å². The Labute approximate surface area is 114 Å². The number of fused-ring (bicyclic) bond motifs is 1. The van der Waals surface area contributed by atoms with E-state index in [1.54, 1.807) is 10.4 Å². The molecule has 2 unspecified atom stereocenters. The lowest BCUT2D eigenvalue weighted by Gasteiger charge is -2.28. The number of nitrogens with zero attached hydrogens (tertiary/aromatic N) is 1. The van der Waals surface area contributed by atoms with Gasteiger partial charge >= 0.3 is 0 Å². The van der Waals surface area contributed by atoms with Gasteiger partial charge in [-0.3, -0.25) is 0 Å². The largest absolute Gasteiger partial charge is 0.307 e. The van der Waals surface area contributed by atoms with Gasteiger partial charge in [-0.1, -0.05) is 0 Å². The Morgan fingerprint density at radius 3 is 3.11 bits per heavy atom. The molecule has 0 amide bonds. The summed E-state index contributed by atoms with van der Waals surface area (Å²) in [7, 11) is 2.25. The lowest BCUT2D eigenvalue weighted by atomic mass is 9.92. The number of aryl methyl sites for hydroxylation is 1. The van der Waals surface area contributed by atoms with Crippen molar-refractivity contribution in [1.29, 1.82) is 0 Å². The average Bonchev–Trinajstić information content (AvgIpc) is 2.76. The second kappa shape index (κ2) is 5.72. The summed E-state index contributed by atoms with van der Waals surface area (Å²) in [5.74, 6) is 0. The van der Waals surface area contributed by atoms with E-state index in [9.17, 15) is 0 Å². The molecule has 0 spiro atoms. The molecule has 2 aliphatic rings. The second-order valence-electron chi connectivity index (χ2n) is 5.84. The maximum Gasteiger partial charge on any atom is 0.0333 e. The molecule has 3 heteroatoms. The van der Waals surface area contributed by atoms with Crippen molar-refractivity contribution in [3.8, 4) is 0 Å². The van der Waals surface area contributed by atoms with Crippen molar-refractivity contribution in [2.24, 2.45) is 0 Å². The summed E-state index contributed by atoms with van der Waals surface area (Å²) >= 11 is 1.95. The first kappa shape index (κ1) is 12.6. The highest BCUT2D eigenvalue weighted by Gasteiger charge is 2.24. The van der Waals surface area contributed by atoms with Crippen LogP contribution < -0.4 is 5.32 Å². The Morgan fingerprint density at radius 2 is 2.17 bits per heavy atom. The average molecular weight is 264 g/mol. The van der Waals surface area contributed by atoms with Gasteiger partial charge < -0.3 is 10.2 Å². The molecule has 100 valence electrons. The van der Waals surface area contributed by atoms with E-state index >= 15 is 0 Å². The summed E-state index contributed by atoms with van der Waals surface area (Å²) in [6, 6.07) is 3.71. The van der Waals surface area contributed by atoms with E-state index in [1.165, 1.54) is 51.6 Å². The standard InChI is InChI=1S/C15H24N2S/c1-17-9-3-4-12(7-10-17)16-14-5-2-6-15-13(14)8-11-18-15/h8,11-12,14,16H,2-7,9-10H2,1H3. The fourth-order valence-electron chi connectivity index (χ4n) is 3.35. The van der Waals surface area contributed by atoms with Crippen molar-refractivity contribution in [3.05, 3.63) is 21.9 Å². The molecule has 1 saturated heterocycles. The second-order valence-corrected chi connectivity index (χ2v) is 6.84. The van der Waals surface area contributed by atoms with Gasteiger partial charge in [0.1, 0.15) is 0 Å². The minimum Gasteiger partial charge on any atom is -0.307 e. The summed E-state index contributed by atoms with van der Waals surface area (Å²) in [6.07, 6.45) is 8.00. The zero-order valence-electron chi connectivity index (χ0n) is 11.3. The third-order valence-electron chi connectivity index (χ3n) is 4.44. The van der Waals surface area contributed by atoms with E-state index in [-0.39, 0.29) is 0 Å². The molecule has 0 saturated carbocycles. The molecule has 2 heterocycles. The lowest BCUT2D eigenvalue weighted by Crippen LogP contribution is -2.35. The lowest BCUT2D eigenvalue weighted by molar-refractivity contribution is 0.334. The first-order valence-corrected chi connectivity index (χ1v) is 8.22. The van der Waals surface area contributed by atoms with Crippen LogP contribution in [-0.4, -0.2) is 31.1 Å². The van der Waals surface area contributed by atoms with E-state index in [2.05, 4.69) is 28.7 Å². The molecule has 0 radical (unpaired) electrons. The van der Waals surface area contributed by atoms with Crippen LogP contribution in [0, 0.1) is 0 Å². The van der Waals surface area contributed by atoms with Gasteiger partial charge in [-0.05, 0) is 75.7 Å². The topological polar surface area (TPSA) is 15.3 Å². The Morgan fingerprint density at radius 1 is 1.22 bits per heavy atom. The number of thiophene rings is 1. The Bertz CT molecular complexity index is 388. The van der Waals surface area contributed by atoms with Gasteiger partial charge in [0.15, 0.2) is 0 Å². The smallest absolute Gasteiger partial charge is 0.0333 e. The molecule has 1 N–H and O–H groups in total. The Hall–Kier alpha value is -0.380.